The van der Waals surface area contributed by atoms with Gasteiger partial charge in [-0.2, -0.15) is 0 Å². The van der Waals surface area contributed by atoms with Crippen molar-refractivity contribution in [2.75, 3.05) is 23.4 Å². The van der Waals surface area contributed by atoms with Gasteiger partial charge in [0.25, 0.3) is 0 Å². The minimum Gasteiger partial charge on any atom is -0.343 e. The zero-order valence-corrected chi connectivity index (χ0v) is 11.7. The lowest BCUT2D eigenvalue weighted by Gasteiger charge is -2.36. The molecule has 106 valence electrons. The zero-order chi connectivity index (χ0) is 14.4. The number of hydrogen-bond donors (Lipinski definition) is 0. The molecule has 2 aromatic rings. The molecule has 0 unspecified atom stereocenters. The Morgan fingerprint density at radius 3 is 2.90 bits per heavy atom. The van der Waals surface area contributed by atoms with Crippen molar-refractivity contribution < 1.29 is 4.79 Å². The highest BCUT2D eigenvalue weighted by molar-refractivity contribution is 6.04. The first-order valence-electron chi connectivity index (χ1n) is 7.07. The van der Waals surface area contributed by atoms with E-state index in [4.69, 9.17) is 4.98 Å². The zero-order valence-electron chi connectivity index (χ0n) is 11.7. The van der Waals surface area contributed by atoms with Crippen LogP contribution >= 0.6 is 0 Å². The molecule has 0 aromatic carbocycles. The molecule has 21 heavy (non-hydrogen) atoms. The molecule has 1 atom stereocenters. The Hall–Kier alpha value is -2.50. The van der Waals surface area contributed by atoms with Gasteiger partial charge in [-0.05, 0) is 25.0 Å². The number of fused-ring (bicyclic) bond motifs is 3. The summed E-state index contributed by atoms with van der Waals surface area (Å²) >= 11 is 0. The fourth-order valence-corrected chi connectivity index (χ4v) is 3.07. The summed E-state index contributed by atoms with van der Waals surface area (Å²) in [4.78, 5) is 29.3. The summed E-state index contributed by atoms with van der Waals surface area (Å²) in [5, 5.41) is 0. The molecule has 1 amide bonds. The van der Waals surface area contributed by atoms with Gasteiger partial charge in [0.2, 0.25) is 5.91 Å². The van der Waals surface area contributed by atoms with Crippen molar-refractivity contribution in [3.63, 3.8) is 0 Å². The van der Waals surface area contributed by atoms with Gasteiger partial charge in [-0.3, -0.25) is 9.78 Å². The van der Waals surface area contributed by atoms with Crippen LogP contribution in [0.3, 0.4) is 0 Å². The number of amides is 1. The molecule has 0 aliphatic carbocycles. The molecule has 2 aromatic heterocycles. The predicted molar refractivity (Wildman–Crippen MR) is 79.0 cm³/mol. The number of aromatic nitrogens is 3. The molecule has 4 heterocycles. The van der Waals surface area contributed by atoms with Crippen LogP contribution in [0.25, 0.3) is 11.4 Å². The molecule has 0 saturated carbocycles. The lowest BCUT2D eigenvalue weighted by Crippen LogP contribution is -2.49. The van der Waals surface area contributed by atoms with Crippen LogP contribution in [0.2, 0.25) is 0 Å². The molecule has 1 saturated heterocycles. The summed E-state index contributed by atoms with van der Waals surface area (Å²) in [6.07, 6.45) is 7.12. The fourth-order valence-electron chi connectivity index (χ4n) is 3.07. The molecule has 0 spiro atoms. The summed E-state index contributed by atoms with van der Waals surface area (Å²) in [5.41, 5.74) is 1.72. The maximum atomic E-state index is 12.3. The van der Waals surface area contributed by atoms with Crippen molar-refractivity contribution in [3.05, 3.63) is 30.7 Å². The smallest absolute Gasteiger partial charge is 0.249 e. The SMILES string of the molecule is CN1C(=O)[C@H]2CCCN2c2nc(-c3ccncc3)ncc21. The van der Waals surface area contributed by atoms with E-state index in [1.165, 1.54) is 0 Å². The Balaban J connectivity index is 1.84. The van der Waals surface area contributed by atoms with E-state index in [-0.39, 0.29) is 11.9 Å². The number of pyridine rings is 1. The van der Waals surface area contributed by atoms with Crippen LogP contribution in [-0.4, -0.2) is 40.5 Å². The van der Waals surface area contributed by atoms with Crippen LogP contribution in [0.4, 0.5) is 11.5 Å². The second-order valence-corrected chi connectivity index (χ2v) is 5.39. The van der Waals surface area contributed by atoms with E-state index in [1.54, 1.807) is 30.5 Å². The molecule has 2 aliphatic rings. The Morgan fingerprint density at radius 1 is 1.29 bits per heavy atom. The second kappa shape index (κ2) is 4.51. The van der Waals surface area contributed by atoms with Crippen molar-refractivity contribution in [1.82, 2.24) is 15.0 Å². The number of hydrogen-bond acceptors (Lipinski definition) is 5. The van der Waals surface area contributed by atoms with E-state index in [2.05, 4.69) is 14.9 Å². The van der Waals surface area contributed by atoms with Crippen molar-refractivity contribution in [1.29, 1.82) is 0 Å². The molecule has 6 heteroatoms. The van der Waals surface area contributed by atoms with Crippen LogP contribution in [0, 0.1) is 0 Å². The van der Waals surface area contributed by atoms with Crippen LogP contribution < -0.4 is 9.80 Å². The Kier molecular flexibility index (Phi) is 2.63. The molecule has 2 aliphatic heterocycles. The number of likely N-dealkylation sites (N-methyl/N-ethyl adjacent to an activating group) is 1. The third-order valence-electron chi connectivity index (χ3n) is 4.19. The molecule has 0 radical (unpaired) electrons. The third kappa shape index (κ3) is 1.79. The average molecular weight is 281 g/mol. The first-order valence-corrected chi connectivity index (χ1v) is 7.07. The monoisotopic (exact) mass is 281 g/mol. The highest BCUT2D eigenvalue weighted by Gasteiger charge is 2.40. The van der Waals surface area contributed by atoms with Gasteiger partial charge in [-0.1, -0.05) is 0 Å². The van der Waals surface area contributed by atoms with E-state index >= 15 is 0 Å². The Labute approximate surface area is 122 Å². The number of nitrogens with zero attached hydrogens (tertiary/aromatic N) is 5. The largest absolute Gasteiger partial charge is 0.343 e. The number of carbonyl (C=O) groups excluding carboxylic acids is 1. The first-order chi connectivity index (χ1) is 10.3. The third-order valence-corrected chi connectivity index (χ3v) is 4.19. The first kappa shape index (κ1) is 12.3. The standard InChI is InChI=1S/C15H15N5O/c1-19-12-9-17-13(10-4-6-16-7-5-10)18-14(12)20-8-2-3-11(20)15(19)21/h4-7,9,11H,2-3,8H2,1H3/t11-/m1/s1. The van der Waals surface area contributed by atoms with Gasteiger partial charge in [0.15, 0.2) is 11.6 Å². The fraction of sp³-hybridized carbons (Fsp3) is 0.333. The molecule has 1 fully saturated rings. The summed E-state index contributed by atoms with van der Waals surface area (Å²) in [6, 6.07) is 3.71. The van der Waals surface area contributed by atoms with Crippen LogP contribution in [0.5, 0.6) is 0 Å². The van der Waals surface area contributed by atoms with Gasteiger partial charge in [-0.25, -0.2) is 9.97 Å². The minimum absolute atomic E-state index is 0.0670. The van der Waals surface area contributed by atoms with Crippen molar-refractivity contribution in [3.8, 4) is 11.4 Å². The lowest BCUT2D eigenvalue weighted by atomic mass is 10.1. The predicted octanol–water partition coefficient (Wildman–Crippen LogP) is 1.48. The molecule has 0 bridgehead atoms. The van der Waals surface area contributed by atoms with Crippen molar-refractivity contribution in [2.45, 2.75) is 18.9 Å². The molecular weight excluding hydrogens is 266 g/mol. The van der Waals surface area contributed by atoms with Gasteiger partial charge in [0, 0.05) is 31.5 Å². The van der Waals surface area contributed by atoms with E-state index < -0.39 is 0 Å². The minimum atomic E-state index is -0.0670. The molecule has 6 nitrogen and oxygen atoms in total. The summed E-state index contributed by atoms with van der Waals surface area (Å²) in [5.74, 6) is 1.67. The van der Waals surface area contributed by atoms with Crippen LogP contribution in [0.1, 0.15) is 12.8 Å². The highest BCUT2D eigenvalue weighted by Crippen LogP contribution is 2.38. The van der Waals surface area contributed by atoms with E-state index in [9.17, 15) is 4.79 Å². The van der Waals surface area contributed by atoms with Gasteiger partial charge >= 0.3 is 0 Å². The second-order valence-electron chi connectivity index (χ2n) is 5.39. The maximum absolute atomic E-state index is 12.3. The van der Waals surface area contributed by atoms with Crippen molar-refractivity contribution >= 4 is 17.4 Å². The maximum Gasteiger partial charge on any atom is 0.249 e. The summed E-state index contributed by atoms with van der Waals surface area (Å²) in [7, 11) is 1.80. The Morgan fingerprint density at radius 2 is 2.10 bits per heavy atom. The topological polar surface area (TPSA) is 62.2 Å². The number of rotatable bonds is 1. The van der Waals surface area contributed by atoms with Gasteiger partial charge < -0.3 is 9.80 Å². The number of carbonyl (C=O) groups is 1. The van der Waals surface area contributed by atoms with Gasteiger partial charge in [0.05, 0.1) is 6.20 Å². The number of anilines is 2. The van der Waals surface area contributed by atoms with E-state index in [1.807, 2.05) is 12.1 Å². The Bertz CT molecular complexity index is 702. The summed E-state index contributed by atoms with van der Waals surface area (Å²) < 4.78 is 0. The highest BCUT2D eigenvalue weighted by atomic mass is 16.2. The van der Waals surface area contributed by atoms with E-state index in [0.29, 0.717) is 5.82 Å². The van der Waals surface area contributed by atoms with Gasteiger partial charge in [0.1, 0.15) is 11.7 Å². The van der Waals surface area contributed by atoms with E-state index in [0.717, 1.165) is 36.5 Å². The normalized spacial score (nSPS) is 20.4. The van der Waals surface area contributed by atoms with Crippen molar-refractivity contribution in [2.24, 2.45) is 0 Å². The van der Waals surface area contributed by atoms with Gasteiger partial charge in [-0.15, -0.1) is 0 Å². The van der Waals surface area contributed by atoms with Crippen LogP contribution in [-0.2, 0) is 4.79 Å². The molecular formula is C15H15N5O. The molecule has 4 rings (SSSR count). The quantitative estimate of drug-likeness (QED) is 0.792. The molecule has 0 N–H and O–H groups in total. The lowest BCUT2D eigenvalue weighted by molar-refractivity contribution is -0.119. The summed E-state index contributed by atoms with van der Waals surface area (Å²) in [6.45, 7) is 0.879. The van der Waals surface area contributed by atoms with Crippen LogP contribution in [0.15, 0.2) is 30.7 Å². The average Bonchev–Trinajstić information content (AvgIpc) is 3.03.